The average molecular weight is 253 g/mol. The molecule has 4 nitrogen and oxygen atoms in total. The van der Waals surface area contributed by atoms with Crippen LogP contribution < -0.4 is 0 Å². The molecule has 0 bridgehead atoms. The summed E-state index contributed by atoms with van der Waals surface area (Å²) >= 11 is 0. The van der Waals surface area contributed by atoms with E-state index in [1.807, 2.05) is 13.8 Å². The zero-order chi connectivity index (χ0) is 14.0. The fourth-order valence-electron chi connectivity index (χ4n) is 2.32. The zero-order valence-corrected chi connectivity index (χ0v) is 11.3. The molecule has 96 valence electrons. The summed E-state index contributed by atoms with van der Waals surface area (Å²) in [6.07, 6.45) is 1.65. The molecule has 2 aromatic rings. The molecule has 1 aromatic carbocycles. The number of benzene rings is 1. The Kier molecular flexibility index (Phi) is 3.48. The molecule has 0 fully saturated rings. The molecule has 0 aliphatic heterocycles. The SMILES string of the molecule is CCc1c(C)nn(-c2ccc(C=O)cc2C#N)c1C. The summed E-state index contributed by atoms with van der Waals surface area (Å²) in [5.74, 6) is 0. The Labute approximate surface area is 112 Å². The molecule has 2 rings (SSSR count). The molecule has 0 amide bonds. The van der Waals surface area contributed by atoms with Gasteiger partial charge in [0.2, 0.25) is 0 Å². The van der Waals surface area contributed by atoms with Crippen LogP contribution in [0.5, 0.6) is 0 Å². The Balaban J connectivity index is 2.66. The van der Waals surface area contributed by atoms with E-state index in [2.05, 4.69) is 18.1 Å². The number of hydrogen-bond donors (Lipinski definition) is 0. The van der Waals surface area contributed by atoms with Crippen molar-refractivity contribution < 1.29 is 4.79 Å². The fourth-order valence-corrected chi connectivity index (χ4v) is 2.32. The Morgan fingerprint density at radius 1 is 1.42 bits per heavy atom. The second-order valence-electron chi connectivity index (χ2n) is 4.42. The molecule has 0 saturated heterocycles. The Hall–Kier alpha value is -2.41. The lowest BCUT2D eigenvalue weighted by atomic mass is 10.1. The first-order valence-corrected chi connectivity index (χ1v) is 6.17. The molecule has 0 saturated carbocycles. The van der Waals surface area contributed by atoms with Gasteiger partial charge in [0.15, 0.2) is 0 Å². The molecule has 1 aromatic heterocycles. The second-order valence-corrected chi connectivity index (χ2v) is 4.42. The number of carbonyl (C=O) groups excluding carboxylic acids is 1. The fraction of sp³-hybridized carbons (Fsp3) is 0.267. The lowest BCUT2D eigenvalue weighted by Crippen LogP contribution is -2.03. The van der Waals surface area contributed by atoms with Crippen molar-refractivity contribution in [1.29, 1.82) is 5.26 Å². The van der Waals surface area contributed by atoms with Crippen molar-refractivity contribution in [2.45, 2.75) is 27.2 Å². The van der Waals surface area contributed by atoms with Crippen molar-refractivity contribution >= 4 is 6.29 Å². The van der Waals surface area contributed by atoms with Gasteiger partial charge in [-0.3, -0.25) is 4.79 Å². The van der Waals surface area contributed by atoms with Crippen LogP contribution in [0.25, 0.3) is 5.69 Å². The highest BCUT2D eigenvalue weighted by atomic mass is 16.1. The minimum atomic E-state index is 0.456. The molecule has 0 unspecified atom stereocenters. The number of rotatable bonds is 3. The molecular weight excluding hydrogens is 238 g/mol. The first-order chi connectivity index (χ1) is 9.12. The van der Waals surface area contributed by atoms with Crippen molar-refractivity contribution in [1.82, 2.24) is 9.78 Å². The second kappa shape index (κ2) is 5.07. The number of nitrogens with zero attached hydrogens (tertiary/aromatic N) is 3. The summed E-state index contributed by atoms with van der Waals surface area (Å²) < 4.78 is 1.78. The maximum atomic E-state index is 10.8. The molecule has 4 heteroatoms. The van der Waals surface area contributed by atoms with E-state index in [9.17, 15) is 10.1 Å². The predicted octanol–water partition coefficient (Wildman–Crippen LogP) is 2.74. The molecule has 19 heavy (non-hydrogen) atoms. The van der Waals surface area contributed by atoms with Crippen LogP contribution in [-0.4, -0.2) is 16.1 Å². The van der Waals surface area contributed by atoms with Gasteiger partial charge in [-0.15, -0.1) is 0 Å². The van der Waals surface area contributed by atoms with Gasteiger partial charge < -0.3 is 0 Å². The number of hydrogen-bond acceptors (Lipinski definition) is 3. The summed E-state index contributed by atoms with van der Waals surface area (Å²) in [6.45, 7) is 6.05. The van der Waals surface area contributed by atoms with E-state index >= 15 is 0 Å². The Bertz CT molecular complexity index is 677. The Morgan fingerprint density at radius 3 is 2.68 bits per heavy atom. The summed E-state index contributed by atoms with van der Waals surface area (Å²) in [6, 6.07) is 7.18. The normalized spacial score (nSPS) is 10.2. The van der Waals surface area contributed by atoms with Crippen molar-refractivity contribution in [3.8, 4) is 11.8 Å². The smallest absolute Gasteiger partial charge is 0.150 e. The van der Waals surface area contributed by atoms with Crippen molar-refractivity contribution in [3.63, 3.8) is 0 Å². The third-order valence-electron chi connectivity index (χ3n) is 3.30. The van der Waals surface area contributed by atoms with Crippen LogP contribution >= 0.6 is 0 Å². The van der Waals surface area contributed by atoms with Gasteiger partial charge >= 0.3 is 0 Å². The minimum absolute atomic E-state index is 0.456. The van der Waals surface area contributed by atoms with Crippen molar-refractivity contribution in [2.24, 2.45) is 0 Å². The van der Waals surface area contributed by atoms with E-state index in [1.165, 1.54) is 5.56 Å². The molecule has 0 radical (unpaired) electrons. The van der Waals surface area contributed by atoms with E-state index in [1.54, 1.807) is 22.9 Å². The van der Waals surface area contributed by atoms with Crippen LogP contribution in [0.1, 0.15) is 39.8 Å². The monoisotopic (exact) mass is 253 g/mol. The summed E-state index contributed by atoms with van der Waals surface area (Å²) in [5.41, 5.74) is 4.88. The highest BCUT2D eigenvalue weighted by molar-refractivity contribution is 5.76. The van der Waals surface area contributed by atoms with Gasteiger partial charge in [0.1, 0.15) is 12.4 Å². The molecule has 1 heterocycles. The summed E-state index contributed by atoms with van der Waals surface area (Å²) in [4.78, 5) is 10.8. The van der Waals surface area contributed by atoms with Crippen molar-refractivity contribution in [2.75, 3.05) is 0 Å². The standard InChI is InChI=1S/C15H15N3O/c1-4-14-10(2)17-18(11(14)3)15-6-5-12(9-19)7-13(15)8-16/h5-7,9H,4H2,1-3H3. The number of carbonyl (C=O) groups is 1. The van der Waals surface area contributed by atoms with Gasteiger partial charge in [0, 0.05) is 11.3 Å². The summed E-state index contributed by atoms with van der Waals surface area (Å²) in [5, 5.41) is 13.7. The largest absolute Gasteiger partial charge is 0.298 e. The molecule has 0 N–H and O–H groups in total. The van der Waals surface area contributed by atoms with Crippen LogP contribution in [0.15, 0.2) is 18.2 Å². The molecule has 0 spiro atoms. The predicted molar refractivity (Wildman–Crippen MR) is 72.5 cm³/mol. The highest BCUT2D eigenvalue weighted by Gasteiger charge is 2.14. The minimum Gasteiger partial charge on any atom is -0.298 e. The maximum Gasteiger partial charge on any atom is 0.150 e. The van der Waals surface area contributed by atoms with Crippen LogP contribution in [0, 0.1) is 25.2 Å². The first-order valence-electron chi connectivity index (χ1n) is 6.17. The third kappa shape index (κ3) is 2.15. The highest BCUT2D eigenvalue weighted by Crippen LogP contribution is 2.21. The van der Waals surface area contributed by atoms with Gasteiger partial charge in [0.05, 0.1) is 16.9 Å². The maximum absolute atomic E-state index is 10.8. The van der Waals surface area contributed by atoms with Crippen LogP contribution in [0.3, 0.4) is 0 Å². The summed E-state index contributed by atoms with van der Waals surface area (Å²) in [7, 11) is 0. The topological polar surface area (TPSA) is 58.7 Å². The van der Waals surface area contributed by atoms with E-state index in [0.717, 1.165) is 24.1 Å². The van der Waals surface area contributed by atoms with Crippen molar-refractivity contribution in [3.05, 3.63) is 46.3 Å². The van der Waals surface area contributed by atoms with E-state index in [0.29, 0.717) is 16.8 Å². The number of aldehydes is 1. The van der Waals surface area contributed by atoms with Gasteiger partial charge in [-0.1, -0.05) is 6.92 Å². The first kappa shape index (κ1) is 13.0. The quantitative estimate of drug-likeness (QED) is 0.790. The third-order valence-corrected chi connectivity index (χ3v) is 3.30. The molecule has 0 atom stereocenters. The van der Waals surface area contributed by atoms with Crippen LogP contribution in [0.4, 0.5) is 0 Å². The zero-order valence-electron chi connectivity index (χ0n) is 11.3. The molecular formula is C15H15N3O. The van der Waals surface area contributed by atoms with Gasteiger partial charge in [-0.05, 0) is 44.0 Å². The van der Waals surface area contributed by atoms with E-state index in [4.69, 9.17) is 0 Å². The number of aromatic nitrogens is 2. The molecule has 0 aliphatic rings. The number of aryl methyl sites for hydroxylation is 1. The van der Waals surface area contributed by atoms with E-state index in [-0.39, 0.29) is 0 Å². The molecule has 0 aliphatic carbocycles. The van der Waals surface area contributed by atoms with Crippen LogP contribution in [-0.2, 0) is 6.42 Å². The lowest BCUT2D eigenvalue weighted by Gasteiger charge is -2.07. The van der Waals surface area contributed by atoms with E-state index < -0.39 is 0 Å². The van der Waals surface area contributed by atoms with Crippen LogP contribution in [0.2, 0.25) is 0 Å². The van der Waals surface area contributed by atoms with Gasteiger partial charge in [0.25, 0.3) is 0 Å². The van der Waals surface area contributed by atoms with Gasteiger partial charge in [-0.25, -0.2) is 4.68 Å². The average Bonchev–Trinajstić information content (AvgIpc) is 2.72. The Morgan fingerprint density at radius 2 is 2.16 bits per heavy atom. The number of nitriles is 1. The van der Waals surface area contributed by atoms with Gasteiger partial charge in [-0.2, -0.15) is 10.4 Å². The lowest BCUT2D eigenvalue weighted by molar-refractivity contribution is 0.112.